The molecule has 0 spiro atoms. The van der Waals surface area contributed by atoms with Crippen LogP contribution in [-0.4, -0.2) is 10.1 Å². The molecule has 4 heteroatoms. The molecular weight excluding hydrogens is 250 g/mol. The molecule has 1 aliphatic rings. The summed E-state index contributed by atoms with van der Waals surface area (Å²) in [5.74, 6) is 1.34. The second-order valence-electron chi connectivity index (χ2n) is 5.06. The summed E-state index contributed by atoms with van der Waals surface area (Å²) in [6, 6.07) is 16.4. The van der Waals surface area contributed by atoms with E-state index >= 15 is 0 Å². The average molecular weight is 261 g/mol. The van der Waals surface area contributed by atoms with Crippen LogP contribution in [0.3, 0.4) is 0 Å². The van der Waals surface area contributed by atoms with Crippen molar-refractivity contribution in [3.63, 3.8) is 0 Å². The van der Waals surface area contributed by atoms with Crippen LogP contribution in [0, 0.1) is 17.2 Å². The smallest absolute Gasteiger partial charge is 0.231 e. The predicted octanol–water partition coefficient (Wildman–Crippen LogP) is 3.52. The lowest BCUT2D eigenvalue weighted by molar-refractivity contribution is 0.378. The van der Waals surface area contributed by atoms with Gasteiger partial charge >= 0.3 is 0 Å². The van der Waals surface area contributed by atoms with Crippen LogP contribution < -0.4 is 0 Å². The van der Waals surface area contributed by atoms with Gasteiger partial charge in [-0.25, -0.2) is 0 Å². The molecular formula is C16H11N3O. The summed E-state index contributed by atoms with van der Waals surface area (Å²) in [5, 5.41) is 15.2. The van der Waals surface area contributed by atoms with Crippen molar-refractivity contribution >= 4 is 10.8 Å². The first kappa shape index (κ1) is 11.2. The normalized spacial score (nSPS) is 20.8. The Morgan fingerprint density at radius 1 is 1.15 bits per heavy atom. The number of rotatable bonds is 2. The molecule has 3 aromatic rings. The maximum absolute atomic E-state index is 8.86. The highest BCUT2D eigenvalue weighted by molar-refractivity contribution is 5.94. The Morgan fingerprint density at radius 3 is 2.85 bits per heavy atom. The number of nitrogens with zero attached hydrogens (tertiary/aromatic N) is 3. The van der Waals surface area contributed by atoms with E-state index in [0.29, 0.717) is 11.7 Å². The minimum absolute atomic E-state index is 0.0378. The third kappa shape index (κ3) is 1.68. The molecule has 1 aliphatic carbocycles. The van der Waals surface area contributed by atoms with E-state index in [1.54, 1.807) is 0 Å². The first-order chi connectivity index (χ1) is 9.86. The molecule has 2 unspecified atom stereocenters. The Hall–Kier alpha value is -2.67. The molecule has 1 fully saturated rings. The lowest BCUT2D eigenvalue weighted by Crippen LogP contribution is -1.85. The molecule has 2 aromatic carbocycles. The fraction of sp³-hybridized carbons (Fsp3) is 0.188. The topological polar surface area (TPSA) is 62.7 Å². The first-order valence-electron chi connectivity index (χ1n) is 6.58. The molecule has 2 atom stereocenters. The minimum atomic E-state index is 0.0378. The minimum Gasteiger partial charge on any atom is -0.339 e. The number of aromatic nitrogens is 2. The van der Waals surface area contributed by atoms with Gasteiger partial charge in [-0.2, -0.15) is 10.2 Å². The lowest BCUT2D eigenvalue weighted by Gasteiger charge is -2.01. The Morgan fingerprint density at radius 2 is 2.00 bits per heavy atom. The van der Waals surface area contributed by atoms with E-state index in [0.717, 1.165) is 22.8 Å². The molecule has 0 bridgehead atoms. The van der Waals surface area contributed by atoms with Crippen LogP contribution in [0.25, 0.3) is 22.2 Å². The molecule has 0 aliphatic heterocycles. The van der Waals surface area contributed by atoms with E-state index in [2.05, 4.69) is 34.4 Å². The van der Waals surface area contributed by atoms with Gasteiger partial charge in [-0.05, 0) is 17.2 Å². The monoisotopic (exact) mass is 261 g/mol. The molecule has 0 amide bonds. The third-order valence-corrected chi connectivity index (χ3v) is 3.75. The largest absolute Gasteiger partial charge is 0.339 e. The van der Waals surface area contributed by atoms with Crippen LogP contribution in [0.4, 0.5) is 0 Å². The second-order valence-corrected chi connectivity index (χ2v) is 5.06. The standard InChI is InChI=1S/C16H11N3O/c17-9-11-8-14(11)16-18-15(19-20-16)13-7-3-5-10-4-1-2-6-12(10)13/h1-7,11,14H,8H2. The number of nitriles is 1. The van der Waals surface area contributed by atoms with Gasteiger partial charge < -0.3 is 4.52 Å². The number of benzene rings is 2. The molecule has 20 heavy (non-hydrogen) atoms. The van der Waals surface area contributed by atoms with Gasteiger partial charge in [0.1, 0.15) is 0 Å². The predicted molar refractivity (Wildman–Crippen MR) is 73.7 cm³/mol. The summed E-state index contributed by atoms with van der Waals surface area (Å²) in [6.45, 7) is 0. The van der Waals surface area contributed by atoms with Crippen molar-refractivity contribution in [2.75, 3.05) is 0 Å². The zero-order chi connectivity index (χ0) is 13.5. The van der Waals surface area contributed by atoms with Gasteiger partial charge in [0.15, 0.2) is 0 Å². The van der Waals surface area contributed by atoms with Gasteiger partial charge in [-0.15, -0.1) is 0 Å². The maximum atomic E-state index is 8.86. The second kappa shape index (κ2) is 4.17. The Labute approximate surface area is 115 Å². The van der Waals surface area contributed by atoms with Crippen molar-refractivity contribution in [3.8, 4) is 17.5 Å². The van der Waals surface area contributed by atoms with Gasteiger partial charge in [-0.3, -0.25) is 0 Å². The maximum Gasteiger partial charge on any atom is 0.231 e. The molecule has 0 radical (unpaired) electrons. The SMILES string of the molecule is N#CC1CC1c1nc(-c2cccc3ccccc23)no1. The molecule has 1 saturated carbocycles. The van der Waals surface area contributed by atoms with Crippen molar-refractivity contribution in [1.82, 2.24) is 10.1 Å². The zero-order valence-electron chi connectivity index (χ0n) is 10.7. The van der Waals surface area contributed by atoms with Crippen LogP contribution in [0.2, 0.25) is 0 Å². The number of fused-ring (bicyclic) bond motifs is 1. The Kier molecular flexibility index (Phi) is 2.33. The van der Waals surface area contributed by atoms with Crippen LogP contribution in [0.1, 0.15) is 18.2 Å². The van der Waals surface area contributed by atoms with E-state index in [-0.39, 0.29) is 11.8 Å². The molecule has 0 N–H and O–H groups in total. The molecule has 4 rings (SSSR count). The zero-order valence-corrected chi connectivity index (χ0v) is 10.7. The fourth-order valence-corrected chi connectivity index (χ4v) is 2.53. The highest BCUT2D eigenvalue weighted by Gasteiger charge is 2.43. The number of hydrogen-bond donors (Lipinski definition) is 0. The lowest BCUT2D eigenvalue weighted by atomic mass is 10.0. The van der Waals surface area contributed by atoms with Crippen LogP contribution >= 0.6 is 0 Å². The van der Waals surface area contributed by atoms with Gasteiger partial charge in [0.05, 0.1) is 17.9 Å². The van der Waals surface area contributed by atoms with Gasteiger partial charge in [0.25, 0.3) is 0 Å². The molecule has 1 heterocycles. The van der Waals surface area contributed by atoms with Crippen LogP contribution in [-0.2, 0) is 0 Å². The summed E-state index contributed by atoms with van der Waals surface area (Å²) in [5.41, 5.74) is 0.965. The summed E-state index contributed by atoms with van der Waals surface area (Å²) in [4.78, 5) is 4.46. The average Bonchev–Trinajstić information content (AvgIpc) is 3.14. The summed E-state index contributed by atoms with van der Waals surface area (Å²) < 4.78 is 5.31. The highest BCUT2D eigenvalue weighted by atomic mass is 16.5. The summed E-state index contributed by atoms with van der Waals surface area (Å²) in [6.07, 6.45) is 0.827. The van der Waals surface area contributed by atoms with Crippen LogP contribution in [0.15, 0.2) is 47.0 Å². The molecule has 4 nitrogen and oxygen atoms in total. The van der Waals surface area contributed by atoms with E-state index in [1.807, 2.05) is 24.3 Å². The highest BCUT2D eigenvalue weighted by Crippen LogP contribution is 2.46. The van der Waals surface area contributed by atoms with E-state index < -0.39 is 0 Å². The van der Waals surface area contributed by atoms with E-state index in [9.17, 15) is 0 Å². The number of hydrogen-bond acceptors (Lipinski definition) is 4. The quantitative estimate of drug-likeness (QED) is 0.708. The third-order valence-electron chi connectivity index (χ3n) is 3.75. The van der Waals surface area contributed by atoms with Crippen molar-refractivity contribution < 1.29 is 4.52 Å². The van der Waals surface area contributed by atoms with Crippen LogP contribution in [0.5, 0.6) is 0 Å². The summed E-state index contributed by atoms with van der Waals surface area (Å²) >= 11 is 0. The fourth-order valence-electron chi connectivity index (χ4n) is 2.53. The van der Waals surface area contributed by atoms with Crippen molar-refractivity contribution in [2.45, 2.75) is 12.3 Å². The van der Waals surface area contributed by atoms with E-state index in [1.165, 1.54) is 0 Å². The van der Waals surface area contributed by atoms with E-state index in [4.69, 9.17) is 9.78 Å². The molecule has 96 valence electrons. The van der Waals surface area contributed by atoms with Crippen molar-refractivity contribution in [2.24, 2.45) is 5.92 Å². The van der Waals surface area contributed by atoms with Gasteiger partial charge in [-0.1, -0.05) is 47.6 Å². The first-order valence-corrected chi connectivity index (χ1v) is 6.58. The van der Waals surface area contributed by atoms with Crippen molar-refractivity contribution in [1.29, 1.82) is 5.26 Å². The summed E-state index contributed by atoms with van der Waals surface area (Å²) in [7, 11) is 0. The Balaban J connectivity index is 1.79. The van der Waals surface area contributed by atoms with Gasteiger partial charge in [0, 0.05) is 5.56 Å². The Bertz CT molecular complexity index is 826. The van der Waals surface area contributed by atoms with Gasteiger partial charge in [0.2, 0.25) is 11.7 Å². The molecule has 0 saturated heterocycles. The van der Waals surface area contributed by atoms with Crippen molar-refractivity contribution in [3.05, 3.63) is 48.4 Å². The molecule has 1 aromatic heterocycles.